The fraction of sp³-hybridized carbons (Fsp3) is 0.240. The third kappa shape index (κ3) is 6.28. The first kappa shape index (κ1) is 20.8. The average Bonchev–Trinajstić information content (AvgIpc) is 2.75. The van der Waals surface area contributed by atoms with Crippen LogP contribution >= 0.6 is 0 Å². The topological polar surface area (TPSA) is 49.8 Å². The summed E-state index contributed by atoms with van der Waals surface area (Å²) < 4.78 is 5.87. The number of hydrogen-bond acceptors (Lipinski definition) is 3. The highest BCUT2D eigenvalue weighted by atomic mass is 16.5. The number of nitrogens with zero attached hydrogens (tertiary/aromatic N) is 1. The van der Waals surface area contributed by atoms with Crippen molar-refractivity contribution in [3.63, 3.8) is 0 Å². The SMILES string of the molecule is C[C@@H](C(OCc1ccccc1)C(=O)O)N(Cc1ccccc1)Cc1ccccc1. The first-order valence-electron chi connectivity index (χ1n) is 9.83. The minimum atomic E-state index is -0.945. The van der Waals surface area contributed by atoms with Crippen molar-refractivity contribution in [1.29, 1.82) is 0 Å². The minimum absolute atomic E-state index is 0.270. The number of carboxylic acids is 1. The zero-order chi connectivity index (χ0) is 20.5. The highest BCUT2D eigenvalue weighted by Crippen LogP contribution is 2.18. The highest BCUT2D eigenvalue weighted by molar-refractivity contribution is 5.73. The summed E-state index contributed by atoms with van der Waals surface area (Å²) in [6.45, 7) is 3.49. The van der Waals surface area contributed by atoms with E-state index in [4.69, 9.17) is 4.74 Å². The molecule has 0 spiro atoms. The van der Waals surface area contributed by atoms with Crippen molar-refractivity contribution in [2.24, 2.45) is 0 Å². The summed E-state index contributed by atoms with van der Waals surface area (Å²) in [5.74, 6) is -0.945. The molecule has 3 aromatic rings. The van der Waals surface area contributed by atoms with Crippen LogP contribution in [-0.2, 0) is 29.2 Å². The van der Waals surface area contributed by atoms with Gasteiger partial charge >= 0.3 is 5.97 Å². The number of rotatable bonds is 10. The van der Waals surface area contributed by atoms with Crippen LogP contribution in [0.4, 0.5) is 0 Å². The molecule has 0 saturated heterocycles. The van der Waals surface area contributed by atoms with Gasteiger partial charge in [0.05, 0.1) is 6.61 Å². The van der Waals surface area contributed by atoms with Gasteiger partial charge in [-0.3, -0.25) is 4.90 Å². The molecule has 2 atom stereocenters. The molecule has 4 heteroatoms. The van der Waals surface area contributed by atoms with Gasteiger partial charge in [0.15, 0.2) is 6.10 Å². The normalized spacial score (nSPS) is 13.2. The molecule has 0 bridgehead atoms. The van der Waals surface area contributed by atoms with Crippen molar-refractivity contribution in [1.82, 2.24) is 4.90 Å². The molecule has 0 aliphatic rings. The Kier molecular flexibility index (Phi) is 7.56. The lowest BCUT2D eigenvalue weighted by molar-refractivity contribution is -0.156. The molecule has 3 rings (SSSR count). The molecule has 3 aromatic carbocycles. The number of benzene rings is 3. The first-order valence-corrected chi connectivity index (χ1v) is 9.83. The zero-order valence-corrected chi connectivity index (χ0v) is 16.6. The van der Waals surface area contributed by atoms with Crippen LogP contribution in [0, 0.1) is 0 Å². The second-order valence-corrected chi connectivity index (χ2v) is 7.17. The molecule has 29 heavy (non-hydrogen) atoms. The van der Waals surface area contributed by atoms with E-state index in [1.165, 1.54) is 0 Å². The Hall–Kier alpha value is -2.95. The third-order valence-electron chi connectivity index (χ3n) is 4.99. The lowest BCUT2D eigenvalue weighted by Gasteiger charge is -2.33. The van der Waals surface area contributed by atoms with Gasteiger partial charge in [-0.1, -0.05) is 91.0 Å². The predicted molar refractivity (Wildman–Crippen MR) is 114 cm³/mol. The average molecular weight is 389 g/mol. The Labute approximate surface area is 172 Å². The van der Waals surface area contributed by atoms with Gasteiger partial charge in [0.2, 0.25) is 0 Å². The lowest BCUT2D eigenvalue weighted by Crippen LogP contribution is -2.46. The van der Waals surface area contributed by atoms with E-state index in [2.05, 4.69) is 29.2 Å². The maximum atomic E-state index is 12.0. The van der Waals surface area contributed by atoms with E-state index in [9.17, 15) is 9.90 Å². The molecule has 4 nitrogen and oxygen atoms in total. The fourth-order valence-corrected chi connectivity index (χ4v) is 3.35. The lowest BCUT2D eigenvalue weighted by atomic mass is 10.1. The molecule has 1 unspecified atom stereocenters. The largest absolute Gasteiger partial charge is 0.479 e. The summed E-state index contributed by atoms with van der Waals surface area (Å²) in [4.78, 5) is 14.2. The first-order chi connectivity index (χ1) is 14.1. The smallest absolute Gasteiger partial charge is 0.334 e. The Morgan fingerprint density at radius 2 is 1.21 bits per heavy atom. The van der Waals surface area contributed by atoms with E-state index < -0.39 is 12.1 Å². The third-order valence-corrected chi connectivity index (χ3v) is 4.99. The van der Waals surface area contributed by atoms with Crippen LogP contribution in [0.1, 0.15) is 23.6 Å². The van der Waals surface area contributed by atoms with E-state index in [0.29, 0.717) is 13.1 Å². The standard InChI is InChI=1S/C25H27NO3/c1-20(24(25(27)28)29-19-23-15-9-4-10-16-23)26(17-21-11-5-2-6-12-21)18-22-13-7-3-8-14-22/h2-16,20,24H,17-19H2,1H3,(H,27,28)/t20-,24?/m0/s1. The quantitative estimate of drug-likeness (QED) is 0.544. The number of carboxylic acid groups (broad SMARTS) is 1. The maximum absolute atomic E-state index is 12.0. The van der Waals surface area contributed by atoms with Gasteiger partial charge in [0.25, 0.3) is 0 Å². The minimum Gasteiger partial charge on any atom is -0.479 e. The van der Waals surface area contributed by atoms with Gasteiger partial charge in [-0.25, -0.2) is 4.79 Å². The van der Waals surface area contributed by atoms with Crippen LogP contribution in [0.2, 0.25) is 0 Å². The highest BCUT2D eigenvalue weighted by Gasteiger charge is 2.30. The number of aliphatic carboxylic acids is 1. The van der Waals surface area contributed by atoms with Crippen LogP contribution < -0.4 is 0 Å². The molecule has 0 aliphatic carbocycles. The summed E-state index contributed by atoms with van der Waals surface area (Å²) in [6, 6.07) is 29.6. The maximum Gasteiger partial charge on any atom is 0.334 e. The Morgan fingerprint density at radius 3 is 1.62 bits per heavy atom. The molecule has 0 radical (unpaired) electrons. The van der Waals surface area contributed by atoms with Gasteiger partial charge in [0, 0.05) is 19.1 Å². The summed E-state index contributed by atoms with van der Waals surface area (Å²) in [7, 11) is 0. The van der Waals surface area contributed by atoms with Crippen molar-refractivity contribution >= 4 is 5.97 Å². The molecule has 1 N–H and O–H groups in total. The van der Waals surface area contributed by atoms with Crippen LogP contribution in [0.5, 0.6) is 0 Å². The van der Waals surface area contributed by atoms with Crippen LogP contribution in [0.15, 0.2) is 91.0 Å². The Morgan fingerprint density at radius 1 is 0.793 bits per heavy atom. The summed E-state index contributed by atoms with van der Waals surface area (Å²) in [5, 5.41) is 9.85. The van der Waals surface area contributed by atoms with Crippen molar-refractivity contribution < 1.29 is 14.6 Å². The van der Waals surface area contributed by atoms with Crippen molar-refractivity contribution in [3.8, 4) is 0 Å². The van der Waals surface area contributed by atoms with Gasteiger partial charge in [-0.15, -0.1) is 0 Å². The van der Waals surface area contributed by atoms with E-state index in [-0.39, 0.29) is 12.6 Å². The summed E-state index contributed by atoms with van der Waals surface area (Å²) >= 11 is 0. The van der Waals surface area contributed by atoms with E-state index >= 15 is 0 Å². The number of hydrogen-bond donors (Lipinski definition) is 1. The predicted octanol–water partition coefficient (Wildman–Crippen LogP) is 4.75. The Bertz CT molecular complexity index is 827. The van der Waals surface area contributed by atoms with Gasteiger partial charge in [-0.05, 0) is 23.6 Å². The second-order valence-electron chi connectivity index (χ2n) is 7.17. The number of carbonyl (C=O) groups is 1. The van der Waals surface area contributed by atoms with Crippen LogP contribution in [-0.4, -0.2) is 28.1 Å². The monoisotopic (exact) mass is 389 g/mol. The number of ether oxygens (including phenoxy) is 1. The van der Waals surface area contributed by atoms with Gasteiger partial charge in [0.1, 0.15) is 0 Å². The Balaban J connectivity index is 1.77. The fourth-order valence-electron chi connectivity index (χ4n) is 3.35. The molecule has 0 amide bonds. The van der Waals surface area contributed by atoms with E-state index in [1.54, 1.807) is 0 Å². The second kappa shape index (κ2) is 10.6. The molecule has 0 heterocycles. The molecular weight excluding hydrogens is 362 g/mol. The summed E-state index contributed by atoms with van der Waals surface area (Å²) in [5.41, 5.74) is 3.24. The van der Waals surface area contributed by atoms with Crippen LogP contribution in [0.3, 0.4) is 0 Å². The zero-order valence-electron chi connectivity index (χ0n) is 16.6. The molecule has 0 aliphatic heterocycles. The molecule has 0 aromatic heterocycles. The molecule has 150 valence electrons. The van der Waals surface area contributed by atoms with Gasteiger partial charge < -0.3 is 9.84 Å². The molecular formula is C25H27NO3. The van der Waals surface area contributed by atoms with Crippen LogP contribution in [0.25, 0.3) is 0 Å². The molecule has 0 saturated carbocycles. The van der Waals surface area contributed by atoms with Crippen molar-refractivity contribution in [2.75, 3.05) is 0 Å². The summed E-state index contributed by atoms with van der Waals surface area (Å²) in [6.07, 6.45) is -0.928. The van der Waals surface area contributed by atoms with E-state index in [1.807, 2.05) is 73.7 Å². The molecule has 0 fully saturated rings. The van der Waals surface area contributed by atoms with Gasteiger partial charge in [-0.2, -0.15) is 0 Å². The van der Waals surface area contributed by atoms with Crippen molar-refractivity contribution in [3.05, 3.63) is 108 Å². The van der Waals surface area contributed by atoms with E-state index in [0.717, 1.165) is 16.7 Å². The van der Waals surface area contributed by atoms with Crippen molar-refractivity contribution in [2.45, 2.75) is 38.8 Å².